The molecular formula is C23H29N2O+. The van der Waals surface area contributed by atoms with Gasteiger partial charge in [0.15, 0.2) is 0 Å². The second-order valence-electron chi connectivity index (χ2n) is 8.69. The molecule has 1 aromatic carbocycles. The van der Waals surface area contributed by atoms with E-state index in [2.05, 4.69) is 49.5 Å². The predicted molar refractivity (Wildman–Crippen MR) is 105 cm³/mol. The number of para-hydroxylation sites is 1. The maximum Gasteiger partial charge on any atom is 0.148 e. The second-order valence-corrected chi connectivity index (χ2v) is 8.69. The minimum Gasteiger partial charge on any atom is -0.357 e. The first kappa shape index (κ1) is 16.3. The average molecular weight is 349 g/mol. The SMILES string of the molecule is C/C=C1/C[N+]2(CCCC)CCC34C(=C(C=O)C1CC32)Nc1ccccc14. The number of fused-ring (bicyclic) bond motifs is 2. The number of rotatable bonds is 4. The molecule has 1 spiro atoms. The molecule has 2 saturated heterocycles. The van der Waals surface area contributed by atoms with Crippen LogP contribution < -0.4 is 5.32 Å². The zero-order valence-corrected chi connectivity index (χ0v) is 15.9. The summed E-state index contributed by atoms with van der Waals surface area (Å²) in [5.41, 5.74) is 6.47. The molecule has 1 aliphatic carbocycles. The van der Waals surface area contributed by atoms with Crippen LogP contribution in [0.3, 0.4) is 0 Å². The van der Waals surface area contributed by atoms with E-state index in [-0.39, 0.29) is 5.41 Å². The number of nitrogens with zero attached hydrogens (tertiary/aromatic N) is 1. The van der Waals surface area contributed by atoms with Crippen molar-refractivity contribution in [2.45, 2.75) is 51.0 Å². The van der Waals surface area contributed by atoms with Gasteiger partial charge in [0.05, 0.1) is 18.5 Å². The van der Waals surface area contributed by atoms with Gasteiger partial charge in [-0.2, -0.15) is 0 Å². The van der Waals surface area contributed by atoms with E-state index in [0.717, 1.165) is 24.8 Å². The van der Waals surface area contributed by atoms with Crippen molar-refractivity contribution in [2.75, 3.05) is 25.0 Å². The van der Waals surface area contributed by atoms with Crippen LogP contribution >= 0.6 is 0 Å². The molecule has 136 valence electrons. The number of benzene rings is 1. The molecule has 2 fully saturated rings. The largest absolute Gasteiger partial charge is 0.357 e. The molecule has 4 aliphatic rings. The van der Waals surface area contributed by atoms with Crippen LogP contribution in [-0.4, -0.2) is 36.4 Å². The van der Waals surface area contributed by atoms with Crippen molar-refractivity contribution >= 4 is 12.0 Å². The van der Waals surface area contributed by atoms with Gasteiger partial charge in [-0.15, -0.1) is 0 Å². The molecular weight excluding hydrogens is 320 g/mol. The second kappa shape index (κ2) is 5.56. The third-order valence-electron chi connectivity index (χ3n) is 7.82. The number of aldehydes is 1. The lowest BCUT2D eigenvalue weighted by molar-refractivity contribution is -0.941. The summed E-state index contributed by atoms with van der Waals surface area (Å²) >= 11 is 0. The van der Waals surface area contributed by atoms with Crippen molar-refractivity contribution in [3.63, 3.8) is 0 Å². The number of nitrogens with one attached hydrogen (secondary N) is 1. The fourth-order valence-electron chi connectivity index (χ4n) is 6.70. The van der Waals surface area contributed by atoms with Crippen molar-refractivity contribution in [2.24, 2.45) is 5.92 Å². The number of allylic oxidation sites excluding steroid dienone is 2. The van der Waals surface area contributed by atoms with Crippen LogP contribution in [0.5, 0.6) is 0 Å². The zero-order valence-electron chi connectivity index (χ0n) is 15.9. The highest BCUT2D eigenvalue weighted by Gasteiger charge is 2.68. The van der Waals surface area contributed by atoms with Gasteiger partial charge in [-0.05, 0) is 30.5 Å². The highest BCUT2D eigenvalue weighted by Crippen LogP contribution is 2.63. The first-order chi connectivity index (χ1) is 12.7. The Hall–Kier alpha value is -1.87. The van der Waals surface area contributed by atoms with E-state index in [4.69, 9.17) is 0 Å². The maximum absolute atomic E-state index is 12.2. The molecule has 0 amide bonds. The smallest absolute Gasteiger partial charge is 0.148 e. The third-order valence-corrected chi connectivity index (χ3v) is 7.82. The summed E-state index contributed by atoms with van der Waals surface area (Å²) in [7, 11) is 0. The van der Waals surface area contributed by atoms with Crippen molar-refractivity contribution in [1.82, 2.24) is 0 Å². The van der Waals surface area contributed by atoms with Gasteiger partial charge in [-0.1, -0.05) is 37.6 Å². The van der Waals surface area contributed by atoms with Crippen LogP contribution in [0.25, 0.3) is 0 Å². The lowest BCUT2D eigenvalue weighted by atomic mass is 9.61. The van der Waals surface area contributed by atoms with E-state index in [0.29, 0.717) is 12.0 Å². The molecule has 0 radical (unpaired) electrons. The molecule has 3 aliphatic heterocycles. The molecule has 3 heteroatoms. The number of quaternary nitrogens is 1. The Kier molecular flexibility index (Phi) is 3.49. The highest BCUT2D eigenvalue weighted by molar-refractivity contribution is 5.84. The van der Waals surface area contributed by atoms with E-state index in [1.807, 2.05) is 0 Å². The van der Waals surface area contributed by atoms with Crippen LogP contribution in [0.4, 0.5) is 5.69 Å². The number of carbonyl (C=O) groups excluding carboxylic acids is 1. The van der Waals surface area contributed by atoms with Gasteiger partial charge in [0.25, 0.3) is 0 Å². The summed E-state index contributed by atoms with van der Waals surface area (Å²) in [5.74, 6) is 0.318. The number of unbranched alkanes of at least 4 members (excludes halogenated alkanes) is 1. The molecule has 3 heterocycles. The molecule has 2 bridgehead atoms. The Bertz CT molecular complexity index is 838. The third kappa shape index (κ3) is 1.80. The maximum atomic E-state index is 12.2. The Morgan fingerprint density at radius 2 is 2.19 bits per heavy atom. The van der Waals surface area contributed by atoms with Gasteiger partial charge in [0.2, 0.25) is 0 Å². The Labute approximate surface area is 156 Å². The van der Waals surface area contributed by atoms with E-state index >= 15 is 0 Å². The molecule has 26 heavy (non-hydrogen) atoms. The fraction of sp³-hybridized carbons (Fsp3) is 0.522. The molecule has 4 atom stereocenters. The normalized spacial score (nSPS) is 38.2. The standard InChI is InChI=1S/C23H28N2O/c1-3-5-11-25-12-10-23-19-8-6-7-9-20(19)24-22(23)18(15-26)17(13-21(23)25)16(4-2)14-25/h4,6-9,15,17,21H,3,5,10-14H2,1-2H3/p+1/b16-4-. The molecule has 4 unspecified atom stereocenters. The van der Waals surface area contributed by atoms with Crippen molar-refractivity contribution in [3.8, 4) is 0 Å². The topological polar surface area (TPSA) is 29.1 Å². The van der Waals surface area contributed by atoms with E-state index in [1.165, 1.54) is 59.4 Å². The van der Waals surface area contributed by atoms with E-state index in [9.17, 15) is 4.79 Å². The Morgan fingerprint density at radius 3 is 2.96 bits per heavy atom. The first-order valence-corrected chi connectivity index (χ1v) is 10.3. The van der Waals surface area contributed by atoms with Crippen molar-refractivity contribution in [1.29, 1.82) is 0 Å². The van der Waals surface area contributed by atoms with Crippen LogP contribution in [-0.2, 0) is 10.2 Å². The molecule has 1 N–H and O–H groups in total. The highest BCUT2D eigenvalue weighted by atomic mass is 16.1. The van der Waals surface area contributed by atoms with Gasteiger partial charge in [0.1, 0.15) is 18.9 Å². The van der Waals surface area contributed by atoms with Crippen LogP contribution in [0.1, 0.15) is 45.1 Å². The molecule has 0 aromatic heterocycles. The lowest BCUT2D eigenvalue weighted by Crippen LogP contribution is -2.63. The van der Waals surface area contributed by atoms with Gasteiger partial charge < -0.3 is 9.80 Å². The van der Waals surface area contributed by atoms with Crippen LogP contribution in [0.15, 0.2) is 47.2 Å². The zero-order chi connectivity index (χ0) is 17.9. The predicted octanol–water partition coefficient (Wildman–Crippen LogP) is 4.17. The molecule has 3 nitrogen and oxygen atoms in total. The number of hydrogen-bond acceptors (Lipinski definition) is 2. The first-order valence-electron chi connectivity index (χ1n) is 10.3. The quantitative estimate of drug-likeness (QED) is 0.502. The lowest BCUT2D eigenvalue weighted by Gasteiger charge is -2.53. The average Bonchev–Trinajstić information content (AvgIpc) is 3.20. The summed E-state index contributed by atoms with van der Waals surface area (Å²) in [6.07, 6.45) is 8.31. The number of anilines is 1. The van der Waals surface area contributed by atoms with Gasteiger partial charge in [-0.3, -0.25) is 4.79 Å². The van der Waals surface area contributed by atoms with Gasteiger partial charge >= 0.3 is 0 Å². The summed E-state index contributed by atoms with van der Waals surface area (Å²) in [4.78, 5) is 12.2. The fourth-order valence-corrected chi connectivity index (χ4v) is 6.70. The number of hydrogen-bond donors (Lipinski definition) is 1. The molecule has 5 rings (SSSR count). The monoisotopic (exact) mass is 349 g/mol. The van der Waals surface area contributed by atoms with E-state index in [1.54, 1.807) is 0 Å². The minimum absolute atomic E-state index is 0.0380. The molecule has 0 saturated carbocycles. The Morgan fingerprint density at radius 1 is 1.35 bits per heavy atom. The summed E-state index contributed by atoms with van der Waals surface area (Å²) < 4.78 is 1.23. The van der Waals surface area contributed by atoms with Crippen LogP contribution in [0.2, 0.25) is 0 Å². The Balaban J connectivity index is 1.76. The van der Waals surface area contributed by atoms with Gasteiger partial charge in [0, 0.05) is 35.7 Å². The van der Waals surface area contributed by atoms with Crippen LogP contribution in [0, 0.1) is 5.92 Å². The molecule has 1 aromatic rings. The van der Waals surface area contributed by atoms with Crippen molar-refractivity contribution in [3.05, 3.63) is 52.7 Å². The minimum atomic E-state index is 0.0380. The number of piperidine rings is 1. The summed E-state index contributed by atoms with van der Waals surface area (Å²) in [6, 6.07) is 9.39. The summed E-state index contributed by atoms with van der Waals surface area (Å²) in [5, 5.41) is 3.71. The van der Waals surface area contributed by atoms with Gasteiger partial charge in [-0.25, -0.2) is 0 Å². The van der Waals surface area contributed by atoms with Crippen molar-refractivity contribution < 1.29 is 9.28 Å². The summed E-state index contributed by atoms with van der Waals surface area (Å²) in [6.45, 7) is 8.12. The van der Waals surface area contributed by atoms with E-state index < -0.39 is 0 Å². The number of carbonyl (C=O) groups is 1.